The summed E-state index contributed by atoms with van der Waals surface area (Å²) in [4.78, 5) is 0. The fraction of sp³-hybridized carbons (Fsp3) is 0.333. The number of phenols is 1. The molecule has 1 atom stereocenters. The Kier molecular flexibility index (Phi) is 2.33. The summed E-state index contributed by atoms with van der Waals surface area (Å²) < 4.78 is 0. The summed E-state index contributed by atoms with van der Waals surface area (Å²) in [5.41, 5.74) is 1.44. The van der Waals surface area contributed by atoms with Crippen LogP contribution in [0.2, 0.25) is 0 Å². The van der Waals surface area contributed by atoms with Crippen molar-refractivity contribution in [3.05, 3.63) is 42.0 Å². The van der Waals surface area contributed by atoms with Crippen molar-refractivity contribution in [1.82, 2.24) is 5.32 Å². The molecule has 0 radical (unpaired) electrons. The molecule has 2 aromatic carbocycles. The van der Waals surface area contributed by atoms with E-state index in [0.717, 1.165) is 23.7 Å². The van der Waals surface area contributed by atoms with Crippen LogP contribution < -0.4 is 5.32 Å². The molecular formula is C15H17NO. The SMILES string of the molecule is C[C@@]1(Cc2cccc3cccc(O)c23)CCN1. The quantitative estimate of drug-likeness (QED) is 0.827. The topological polar surface area (TPSA) is 32.3 Å². The number of aromatic hydroxyl groups is 1. The first kappa shape index (κ1) is 10.6. The van der Waals surface area contributed by atoms with Crippen molar-refractivity contribution in [3.8, 4) is 5.75 Å². The Balaban J connectivity index is 2.09. The molecule has 0 unspecified atom stereocenters. The van der Waals surface area contributed by atoms with Crippen molar-refractivity contribution in [1.29, 1.82) is 0 Å². The molecule has 17 heavy (non-hydrogen) atoms. The molecule has 2 aromatic rings. The summed E-state index contributed by atoms with van der Waals surface area (Å²) in [6.07, 6.45) is 2.18. The third kappa shape index (κ3) is 1.79. The van der Waals surface area contributed by atoms with Gasteiger partial charge >= 0.3 is 0 Å². The minimum atomic E-state index is 0.205. The molecule has 0 aromatic heterocycles. The van der Waals surface area contributed by atoms with Crippen LogP contribution in [-0.2, 0) is 6.42 Å². The van der Waals surface area contributed by atoms with Gasteiger partial charge in [0.1, 0.15) is 5.75 Å². The summed E-state index contributed by atoms with van der Waals surface area (Å²) in [6.45, 7) is 3.35. The fourth-order valence-corrected chi connectivity index (χ4v) is 2.67. The average Bonchev–Trinajstić information content (AvgIpc) is 2.27. The van der Waals surface area contributed by atoms with E-state index in [9.17, 15) is 5.11 Å². The van der Waals surface area contributed by atoms with E-state index in [4.69, 9.17) is 0 Å². The molecule has 2 nitrogen and oxygen atoms in total. The molecule has 3 rings (SSSR count). The predicted molar refractivity (Wildman–Crippen MR) is 70.3 cm³/mol. The maximum Gasteiger partial charge on any atom is 0.123 e. The standard InChI is InChI=1S/C15H17NO/c1-15(8-9-16-15)10-12-6-2-4-11-5-3-7-13(17)14(11)12/h2-7,16-17H,8-10H2,1H3/t15-/m0/s1. The lowest BCUT2D eigenvalue weighted by molar-refractivity contribution is 0.232. The second kappa shape index (κ2) is 3.74. The molecule has 0 amide bonds. The Morgan fingerprint density at radius 3 is 2.59 bits per heavy atom. The van der Waals surface area contributed by atoms with Crippen LogP contribution >= 0.6 is 0 Å². The second-order valence-electron chi connectivity index (χ2n) is 5.21. The van der Waals surface area contributed by atoms with E-state index < -0.39 is 0 Å². The smallest absolute Gasteiger partial charge is 0.123 e. The molecule has 0 aliphatic carbocycles. The zero-order valence-corrected chi connectivity index (χ0v) is 10.0. The largest absolute Gasteiger partial charge is 0.507 e. The number of nitrogens with one attached hydrogen (secondary N) is 1. The Bertz CT molecular complexity index is 553. The van der Waals surface area contributed by atoms with Gasteiger partial charge in [0, 0.05) is 10.9 Å². The third-order valence-electron chi connectivity index (χ3n) is 3.78. The number of fused-ring (bicyclic) bond motifs is 1. The van der Waals surface area contributed by atoms with Crippen molar-refractivity contribution in [2.24, 2.45) is 0 Å². The van der Waals surface area contributed by atoms with Crippen molar-refractivity contribution in [2.45, 2.75) is 25.3 Å². The molecule has 2 heteroatoms. The molecule has 0 spiro atoms. The number of rotatable bonds is 2. The predicted octanol–water partition coefficient (Wildman–Crippen LogP) is 2.84. The van der Waals surface area contributed by atoms with Gasteiger partial charge in [-0.15, -0.1) is 0 Å². The lowest BCUT2D eigenvalue weighted by Gasteiger charge is -2.40. The number of hydrogen-bond donors (Lipinski definition) is 2. The highest BCUT2D eigenvalue weighted by Crippen LogP contribution is 2.32. The molecule has 0 bridgehead atoms. The van der Waals surface area contributed by atoms with E-state index in [1.165, 1.54) is 12.0 Å². The molecule has 1 saturated heterocycles. The van der Waals surface area contributed by atoms with Gasteiger partial charge in [-0.3, -0.25) is 0 Å². The maximum atomic E-state index is 10.0. The first-order valence-corrected chi connectivity index (χ1v) is 6.13. The zero-order chi connectivity index (χ0) is 11.9. The van der Waals surface area contributed by atoms with Crippen LogP contribution in [0.3, 0.4) is 0 Å². The van der Waals surface area contributed by atoms with E-state index in [1.807, 2.05) is 6.07 Å². The highest BCUT2D eigenvalue weighted by atomic mass is 16.3. The first-order chi connectivity index (χ1) is 8.18. The van der Waals surface area contributed by atoms with E-state index in [1.54, 1.807) is 6.07 Å². The summed E-state index contributed by atoms with van der Waals surface area (Å²) in [5.74, 6) is 0.390. The summed E-state index contributed by atoms with van der Waals surface area (Å²) in [6, 6.07) is 11.9. The van der Waals surface area contributed by atoms with Gasteiger partial charge in [-0.05, 0) is 43.3 Å². The van der Waals surface area contributed by atoms with Crippen LogP contribution in [0.5, 0.6) is 5.75 Å². The second-order valence-corrected chi connectivity index (χ2v) is 5.21. The van der Waals surface area contributed by atoms with Crippen LogP contribution in [0.4, 0.5) is 0 Å². The lowest BCUT2D eigenvalue weighted by Crippen LogP contribution is -2.55. The molecule has 1 aliphatic heterocycles. The van der Waals surface area contributed by atoms with Crippen LogP contribution in [0.1, 0.15) is 18.9 Å². The summed E-state index contributed by atoms with van der Waals surface area (Å²) >= 11 is 0. The summed E-state index contributed by atoms with van der Waals surface area (Å²) in [7, 11) is 0. The average molecular weight is 227 g/mol. The Morgan fingerprint density at radius 1 is 1.24 bits per heavy atom. The van der Waals surface area contributed by atoms with E-state index in [-0.39, 0.29) is 5.54 Å². The highest BCUT2D eigenvalue weighted by molar-refractivity contribution is 5.91. The van der Waals surface area contributed by atoms with Gasteiger partial charge in [-0.1, -0.05) is 30.3 Å². The van der Waals surface area contributed by atoms with Crippen molar-refractivity contribution >= 4 is 10.8 Å². The Hall–Kier alpha value is -1.54. The lowest BCUT2D eigenvalue weighted by atomic mass is 9.82. The number of benzene rings is 2. The molecule has 1 heterocycles. The molecule has 1 fully saturated rings. The molecule has 88 valence electrons. The highest BCUT2D eigenvalue weighted by Gasteiger charge is 2.31. The number of hydrogen-bond acceptors (Lipinski definition) is 2. The molecule has 1 aliphatic rings. The van der Waals surface area contributed by atoms with E-state index >= 15 is 0 Å². The van der Waals surface area contributed by atoms with Crippen LogP contribution in [0, 0.1) is 0 Å². The van der Waals surface area contributed by atoms with Crippen LogP contribution in [0.25, 0.3) is 10.8 Å². The van der Waals surface area contributed by atoms with Crippen molar-refractivity contribution < 1.29 is 5.11 Å². The van der Waals surface area contributed by atoms with Gasteiger partial charge < -0.3 is 10.4 Å². The van der Waals surface area contributed by atoms with Crippen LogP contribution in [0.15, 0.2) is 36.4 Å². The van der Waals surface area contributed by atoms with Gasteiger partial charge in [-0.25, -0.2) is 0 Å². The van der Waals surface area contributed by atoms with Gasteiger partial charge in [0.25, 0.3) is 0 Å². The van der Waals surface area contributed by atoms with E-state index in [2.05, 4.69) is 36.5 Å². The van der Waals surface area contributed by atoms with Gasteiger partial charge in [-0.2, -0.15) is 0 Å². The zero-order valence-electron chi connectivity index (χ0n) is 10.0. The van der Waals surface area contributed by atoms with Gasteiger partial charge in [0.05, 0.1) is 0 Å². The minimum absolute atomic E-state index is 0.205. The van der Waals surface area contributed by atoms with E-state index in [0.29, 0.717) is 5.75 Å². The van der Waals surface area contributed by atoms with Gasteiger partial charge in [0.15, 0.2) is 0 Å². The third-order valence-corrected chi connectivity index (χ3v) is 3.78. The van der Waals surface area contributed by atoms with Crippen LogP contribution in [-0.4, -0.2) is 17.2 Å². The number of phenolic OH excluding ortho intramolecular Hbond substituents is 1. The first-order valence-electron chi connectivity index (χ1n) is 6.13. The molecule has 2 N–H and O–H groups in total. The fourth-order valence-electron chi connectivity index (χ4n) is 2.67. The maximum absolute atomic E-state index is 10.0. The Labute approximate surface area is 101 Å². The molecular weight excluding hydrogens is 210 g/mol. The van der Waals surface area contributed by atoms with Gasteiger partial charge in [0.2, 0.25) is 0 Å². The molecule has 0 saturated carbocycles. The normalized spacial score (nSPS) is 23.6. The monoisotopic (exact) mass is 227 g/mol. The summed E-state index contributed by atoms with van der Waals surface area (Å²) in [5, 5.41) is 15.6. The minimum Gasteiger partial charge on any atom is -0.507 e. The van der Waals surface area contributed by atoms with Crippen molar-refractivity contribution in [3.63, 3.8) is 0 Å². The van der Waals surface area contributed by atoms with Crippen molar-refractivity contribution in [2.75, 3.05) is 6.54 Å². The Morgan fingerprint density at radius 2 is 1.94 bits per heavy atom.